The molecule has 1 heterocycles. The van der Waals surface area contributed by atoms with Gasteiger partial charge in [-0.2, -0.15) is 5.10 Å². The highest BCUT2D eigenvalue weighted by Crippen LogP contribution is 2.11. The van der Waals surface area contributed by atoms with Crippen LogP contribution in [-0.4, -0.2) is 29.5 Å². The number of carbonyl (C=O) groups is 1. The van der Waals surface area contributed by atoms with Gasteiger partial charge in [-0.25, -0.2) is 4.79 Å². The van der Waals surface area contributed by atoms with Crippen molar-refractivity contribution in [3.63, 3.8) is 0 Å². The van der Waals surface area contributed by atoms with Crippen molar-refractivity contribution < 1.29 is 14.3 Å². The maximum atomic E-state index is 11.6. The number of esters is 1. The van der Waals surface area contributed by atoms with Crippen LogP contribution in [0.2, 0.25) is 0 Å². The van der Waals surface area contributed by atoms with E-state index in [0.29, 0.717) is 18.9 Å². The number of hydrogen-bond donors (Lipinski definition) is 0. The van der Waals surface area contributed by atoms with Crippen LogP contribution in [0.4, 0.5) is 0 Å². The molecule has 5 heteroatoms. The molecule has 0 aliphatic rings. The Morgan fingerprint density at radius 3 is 2.75 bits per heavy atom. The van der Waals surface area contributed by atoms with E-state index in [0.717, 1.165) is 5.56 Å². The van der Waals surface area contributed by atoms with Crippen molar-refractivity contribution in [2.24, 2.45) is 0 Å². The zero-order chi connectivity index (χ0) is 14.4. The Kier molecular flexibility index (Phi) is 4.90. The van der Waals surface area contributed by atoms with Crippen molar-refractivity contribution >= 4 is 5.97 Å². The number of rotatable bonds is 6. The molecule has 0 saturated heterocycles. The minimum absolute atomic E-state index is 0.0391. The summed E-state index contributed by atoms with van der Waals surface area (Å²) in [6.45, 7) is 2.96. The summed E-state index contributed by atoms with van der Waals surface area (Å²) in [5.41, 5.74) is 1.55. The molecule has 0 aliphatic heterocycles. The van der Waals surface area contributed by atoms with Gasteiger partial charge in [-0.1, -0.05) is 30.3 Å². The first-order chi connectivity index (χ1) is 9.72. The maximum Gasteiger partial charge on any atom is 0.356 e. The molecule has 0 fully saturated rings. The predicted octanol–water partition coefficient (Wildman–Crippen LogP) is 2.45. The van der Waals surface area contributed by atoms with Crippen LogP contribution in [0.15, 0.2) is 42.6 Å². The molecule has 2 aromatic rings. The molecular weight excluding hydrogens is 256 g/mol. The van der Waals surface area contributed by atoms with Gasteiger partial charge in [-0.15, -0.1) is 0 Å². The van der Waals surface area contributed by atoms with Crippen molar-refractivity contribution in [1.29, 1.82) is 0 Å². The Balaban J connectivity index is 1.90. The number of hydrogen-bond acceptors (Lipinski definition) is 4. The average Bonchev–Trinajstić information content (AvgIpc) is 2.97. The van der Waals surface area contributed by atoms with Crippen molar-refractivity contribution in [1.82, 2.24) is 9.78 Å². The fourth-order valence-electron chi connectivity index (χ4n) is 1.92. The highest BCUT2D eigenvalue weighted by molar-refractivity contribution is 5.87. The molecule has 1 aromatic heterocycles. The molecular formula is C15H18N2O3. The number of benzene rings is 1. The molecule has 0 saturated carbocycles. The minimum atomic E-state index is -0.391. The molecule has 0 bridgehead atoms. The lowest BCUT2D eigenvalue weighted by atomic mass is 10.2. The van der Waals surface area contributed by atoms with E-state index in [2.05, 4.69) is 5.10 Å². The van der Waals surface area contributed by atoms with Crippen molar-refractivity contribution in [2.45, 2.75) is 19.6 Å². The Labute approximate surface area is 118 Å². The van der Waals surface area contributed by atoms with E-state index in [9.17, 15) is 4.79 Å². The Hall–Kier alpha value is -2.14. The molecule has 0 amide bonds. The van der Waals surface area contributed by atoms with Gasteiger partial charge in [0.2, 0.25) is 0 Å². The van der Waals surface area contributed by atoms with Crippen LogP contribution in [-0.2, 0) is 16.1 Å². The fraction of sp³-hybridized carbons (Fsp3) is 0.333. The second kappa shape index (κ2) is 6.86. The van der Waals surface area contributed by atoms with Crippen LogP contribution in [0.1, 0.15) is 29.0 Å². The second-order valence-corrected chi connectivity index (χ2v) is 4.50. The van der Waals surface area contributed by atoms with Gasteiger partial charge in [0, 0.05) is 6.20 Å². The van der Waals surface area contributed by atoms with Crippen LogP contribution >= 0.6 is 0 Å². The van der Waals surface area contributed by atoms with Gasteiger partial charge in [0.25, 0.3) is 0 Å². The van der Waals surface area contributed by atoms with Gasteiger partial charge in [0.1, 0.15) is 5.69 Å². The van der Waals surface area contributed by atoms with E-state index < -0.39 is 5.97 Å². The summed E-state index contributed by atoms with van der Waals surface area (Å²) < 4.78 is 12.0. The van der Waals surface area contributed by atoms with Gasteiger partial charge in [0.15, 0.2) is 0 Å². The van der Waals surface area contributed by atoms with E-state index in [1.807, 2.05) is 37.3 Å². The molecule has 0 radical (unpaired) electrons. The highest BCUT2D eigenvalue weighted by Gasteiger charge is 2.16. The zero-order valence-electron chi connectivity index (χ0n) is 11.7. The van der Waals surface area contributed by atoms with E-state index in [-0.39, 0.29) is 6.04 Å². The van der Waals surface area contributed by atoms with Crippen LogP contribution in [0.3, 0.4) is 0 Å². The number of carbonyl (C=O) groups excluding carboxylic acids is 1. The van der Waals surface area contributed by atoms with Crippen molar-refractivity contribution in [3.8, 4) is 0 Å². The van der Waals surface area contributed by atoms with Gasteiger partial charge in [-0.3, -0.25) is 4.68 Å². The first kappa shape index (κ1) is 14.3. The minimum Gasteiger partial charge on any atom is -0.464 e. The second-order valence-electron chi connectivity index (χ2n) is 4.50. The lowest BCUT2D eigenvalue weighted by Gasteiger charge is -2.15. The summed E-state index contributed by atoms with van der Waals surface area (Å²) >= 11 is 0. The van der Waals surface area contributed by atoms with E-state index in [1.165, 1.54) is 7.11 Å². The first-order valence-electron chi connectivity index (χ1n) is 6.46. The lowest BCUT2D eigenvalue weighted by molar-refractivity contribution is 0.0566. The topological polar surface area (TPSA) is 53.3 Å². The van der Waals surface area contributed by atoms with Crippen LogP contribution in [0.5, 0.6) is 0 Å². The average molecular weight is 274 g/mol. The number of aromatic nitrogens is 2. The predicted molar refractivity (Wildman–Crippen MR) is 74.4 cm³/mol. The van der Waals surface area contributed by atoms with Crippen LogP contribution < -0.4 is 0 Å². The van der Waals surface area contributed by atoms with Crippen LogP contribution in [0.25, 0.3) is 0 Å². The summed E-state index contributed by atoms with van der Waals surface area (Å²) in [7, 11) is 1.36. The Morgan fingerprint density at radius 1 is 1.30 bits per heavy atom. The van der Waals surface area contributed by atoms with Gasteiger partial charge in [0.05, 0.1) is 26.4 Å². The normalized spacial score (nSPS) is 12.1. The monoisotopic (exact) mass is 274 g/mol. The molecule has 2 rings (SSSR count). The van der Waals surface area contributed by atoms with Gasteiger partial charge < -0.3 is 9.47 Å². The third kappa shape index (κ3) is 3.45. The number of nitrogens with zero attached hydrogens (tertiary/aromatic N) is 2. The molecule has 1 atom stereocenters. The smallest absolute Gasteiger partial charge is 0.356 e. The lowest BCUT2D eigenvalue weighted by Crippen LogP contribution is -2.19. The summed E-state index contributed by atoms with van der Waals surface area (Å²) in [4.78, 5) is 11.6. The Bertz CT molecular complexity index is 551. The number of ether oxygens (including phenoxy) is 2. The quantitative estimate of drug-likeness (QED) is 0.759. The highest BCUT2D eigenvalue weighted by atomic mass is 16.5. The largest absolute Gasteiger partial charge is 0.464 e. The van der Waals surface area contributed by atoms with E-state index in [4.69, 9.17) is 9.47 Å². The van der Waals surface area contributed by atoms with Gasteiger partial charge in [-0.05, 0) is 18.6 Å². The summed E-state index contributed by atoms with van der Waals surface area (Å²) in [6.07, 6.45) is 1.58. The first-order valence-corrected chi connectivity index (χ1v) is 6.46. The van der Waals surface area contributed by atoms with Crippen LogP contribution in [0, 0.1) is 0 Å². The molecule has 5 nitrogen and oxygen atoms in total. The molecule has 0 unspecified atom stereocenters. The van der Waals surface area contributed by atoms with Crippen molar-refractivity contribution in [3.05, 3.63) is 53.9 Å². The summed E-state index contributed by atoms with van der Waals surface area (Å²) in [5, 5.41) is 4.15. The molecule has 0 aliphatic carbocycles. The summed E-state index contributed by atoms with van der Waals surface area (Å²) in [6, 6.07) is 11.5. The van der Waals surface area contributed by atoms with E-state index in [1.54, 1.807) is 16.9 Å². The summed E-state index contributed by atoms with van der Waals surface area (Å²) in [5.74, 6) is -0.391. The number of methoxy groups -OCH3 is 1. The third-order valence-corrected chi connectivity index (χ3v) is 2.95. The standard InChI is InChI=1S/C15H18N2O3/c1-12(10-20-11-13-6-4-3-5-7-13)17-14(8-9-16-17)15(18)19-2/h3-9,12H,10-11H2,1-2H3/t12-/m0/s1. The van der Waals surface area contributed by atoms with E-state index >= 15 is 0 Å². The molecule has 1 aromatic carbocycles. The molecule has 106 valence electrons. The van der Waals surface area contributed by atoms with Crippen molar-refractivity contribution in [2.75, 3.05) is 13.7 Å². The zero-order valence-corrected chi connectivity index (χ0v) is 11.7. The van der Waals surface area contributed by atoms with Gasteiger partial charge >= 0.3 is 5.97 Å². The maximum absolute atomic E-state index is 11.6. The third-order valence-electron chi connectivity index (χ3n) is 2.95. The SMILES string of the molecule is COC(=O)c1ccnn1[C@@H](C)COCc1ccccc1. The molecule has 20 heavy (non-hydrogen) atoms. The Morgan fingerprint density at radius 2 is 2.05 bits per heavy atom. The fourth-order valence-corrected chi connectivity index (χ4v) is 1.92. The molecule has 0 spiro atoms. The molecule has 0 N–H and O–H groups in total.